The standard InChI is InChI=1S/C22H32FN3/c1-9-17-12-18(23)20(25-15(17)3)26-19(22(8)10-11-22)16(4)24-14(2)13-21(5,6)7/h1,12,16,19,24H,2,10-11,13H2,3-8H3,(H,25,26)/t16-,19?/m0/s1. The molecule has 1 aliphatic rings. The summed E-state index contributed by atoms with van der Waals surface area (Å²) in [6, 6.07) is 1.54. The Balaban J connectivity index is 2.18. The Morgan fingerprint density at radius 3 is 2.58 bits per heavy atom. The highest BCUT2D eigenvalue weighted by atomic mass is 19.1. The number of nitrogens with one attached hydrogen (secondary N) is 2. The van der Waals surface area contributed by atoms with Crippen LogP contribution in [0.4, 0.5) is 10.2 Å². The predicted molar refractivity (Wildman–Crippen MR) is 107 cm³/mol. The lowest BCUT2D eigenvalue weighted by Crippen LogP contribution is -2.47. The number of rotatable bonds is 7. The SMILES string of the molecule is C#Cc1cc(F)c(NC([C@H](C)NC(=C)CC(C)(C)C)C2(C)CC2)nc1C. The van der Waals surface area contributed by atoms with Crippen LogP contribution in [-0.4, -0.2) is 17.1 Å². The summed E-state index contributed by atoms with van der Waals surface area (Å²) in [4.78, 5) is 4.37. The summed E-state index contributed by atoms with van der Waals surface area (Å²) < 4.78 is 14.5. The minimum absolute atomic E-state index is 0.0531. The van der Waals surface area contributed by atoms with Gasteiger partial charge in [0.1, 0.15) is 0 Å². The summed E-state index contributed by atoms with van der Waals surface area (Å²) in [5.74, 6) is 2.34. The van der Waals surface area contributed by atoms with Gasteiger partial charge in [-0.3, -0.25) is 0 Å². The molecule has 2 atom stereocenters. The molecule has 2 rings (SSSR count). The molecule has 0 aliphatic heterocycles. The molecule has 1 aromatic rings. The second kappa shape index (κ2) is 7.31. The zero-order valence-electron chi connectivity index (χ0n) is 17.0. The van der Waals surface area contributed by atoms with Crippen molar-refractivity contribution in [3.63, 3.8) is 0 Å². The van der Waals surface area contributed by atoms with Gasteiger partial charge in [0.15, 0.2) is 11.6 Å². The van der Waals surface area contributed by atoms with Crippen molar-refractivity contribution in [1.29, 1.82) is 0 Å². The number of terminal acetylenes is 1. The molecule has 1 aliphatic carbocycles. The third-order valence-electron chi connectivity index (χ3n) is 5.08. The Hall–Kier alpha value is -2.02. The summed E-state index contributed by atoms with van der Waals surface area (Å²) in [5, 5.41) is 6.87. The largest absolute Gasteiger partial charge is 0.384 e. The van der Waals surface area contributed by atoms with E-state index in [1.165, 1.54) is 6.07 Å². The Bertz CT molecular complexity index is 720. The summed E-state index contributed by atoms with van der Waals surface area (Å²) in [7, 11) is 0. The summed E-state index contributed by atoms with van der Waals surface area (Å²) >= 11 is 0. The molecule has 26 heavy (non-hydrogen) atoms. The monoisotopic (exact) mass is 357 g/mol. The van der Waals surface area contributed by atoms with E-state index in [-0.39, 0.29) is 28.7 Å². The molecule has 0 spiro atoms. The predicted octanol–water partition coefficient (Wildman–Crippen LogP) is 5.02. The van der Waals surface area contributed by atoms with Gasteiger partial charge >= 0.3 is 0 Å². The molecule has 1 fully saturated rings. The Morgan fingerprint density at radius 1 is 1.46 bits per heavy atom. The number of nitrogens with zero attached hydrogens (tertiary/aromatic N) is 1. The Kier molecular flexibility index (Phi) is 5.70. The molecule has 2 N–H and O–H groups in total. The van der Waals surface area contributed by atoms with E-state index >= 15 is 0 Å². The highest BCUT2D eigenvalue weighted by Gasteiger charge is 2.47. The molecule has 4 heteroatoms. The third kappa shape index (κ3) is 5.00. The maximum absolute atomic E-state index is 14.5. The van der Waals surface area contributed by atoms with E-state index in [2.05, 4.69) is 62.7 Å². The van der Waals surface area contributed by atoms with E-state index in [4.69, 9.17) is 6.42 Å². The second-order valence-electron chi connectivity index (χ2n) is 9.15. The minimum atomic E-state index is -0.404. The lowest BCUT2D eigenvalue weighted by atomic mass is 9.89. The quantitative estimate of drug-likeness (QED) is 0.673. The molecule has 0 bridgehead atoms. The highest BCUT2D eigenvalue weighted by molar-refractivity contribution is 5.47. The first-order valence-corrected chi connectivity index (χ1v) is 9.30. The van der Waals surface area contributed by atoms with Crippen molar-refractivity contribution >= 4 is 5.82 Å². The van der Waals surface area contributed by atoms with E-state index in [1.54, 1.807) is 6.92 Å². The van der Waals surface area contributed by atoms with E-state index < -0.39 is 5.82 Å². The van der Waals surface area contributed by atoms with Crippen LogP contribution in [0.2, 0.25) is 0 Å². The maximum atomic E-state index is 14.5. The molecule has 1 heterocycles. The van der Waals surface area contributed by atoms with E-state index in [0.29, 0.717) is 11.3 Å². The summed E-state index contributed by atoms with van der Waals surface area (Å²) in [6.45, 7) is 16.9. The zero-order chi connectivity index (χ0) is 19.7. The molecular formula is C22H32FN3. The molecule has 0 saturated heterocycles. The number of allylic oxidation sites excluding steroid dienone is 1. The molecule has 0 aromatic carbocycles. The maximum Gasteiger partial charge on any atom is 0.166 e. The smallest absolute Gasteiger partial charge is 0.166 e. The fourth-order valence-electron chi connectivity index (χ4n) is 3.48. The normalized spacial score (nSPS) is 17.8. The Morgan fingerprint density at radius 2 is 2.08 bits per heavy atom. The van der Waals surface area contributed by atoms with Crippen molar-refractivity contribution in [3.8, 4) is 12.3 Å². The molecule has 1 saturated carbocycles. The van der Waals surface area contributed by atoms with Gasteiger partial charge in [-0.05, 0) is 50.0 Å². The van der Waals surface area contributed by atoms with E-state index in [9.17, 15) is 4.39 Å². The van der Waals surface area contributed by atoms with Crippen LogP contribution in [0.3, 0.4) is 0 Å². The van der Waals surface area contributed by atoms with Crippen LogP contribution in [0.15, 0.2) is 18.3 Å². The number of aryl methyl sites for hydroxylation is 1. The van der Waals surface area contributed by atoms with Crippen LogP contribution in [0, 0.1) is 35.9 Å². The van der Waals surface area contributed by atoms with Gasteiger partial charge < -0.3 is 10.6 Å². The third-order valence-corrected chi connectivity index (χ3v) is 5.08. The minimum Gasteiger partial charge on any atom is -0.384 e. The Labute approximate surface area is 157 Å². The van der Waals surface area contributed by atoms with E-state index in [0.717, 1.165) is 25.0 Å². The second-order valence-corrected chi connectivity index (χ2v) is 9.15. The van der Waals surface area contributed by atoms with Gasteiger partial charge in [-0.15, -0.1) is 6.42 Å². The lowest BCUT2D eigenvalue weighted by Gasteiger charge is -2.34. The van der Waals surface area contributed by atoms with Crippen LogP contribution in [0.1, 0.15) is 65.1 Å². The van der Waals surface area contributed by atoms with Crippen LogP contribution in [-0.2, 0) is 0 Å². The number of halogens is 1. The highest BCUT2D eigenvalue weighted by Crippen LogP contribution is 2.50. The van der Waals surface area contributed by atoms with Crippen LogP contribution >= 0.6 is 0 Å². The van der Waals surface area contributed by atoms with Crippen LogP contribution < -0.4 is 10.6 Å². The van der Waals surface area contributed by atoms with Crippen LogP contribution in [0.25, 0.3) is 0 Å². The van der Waals surface area contributed by atoms with Gasteiger partial charge in [0.05, 0.1) is 11.7 Å². The van der Waals surface area contributed by atoms with Gasteiger partial charge in [-0.2, -0.15) is 0 Å². The first-order chi connectivity index (χ1) is 11.9. The lowest BCUT2D eigenvalue weighted by molar-refractivity contribution is 0.352. The topological polar surface area (TPSA) is 37.0 Å². The molecule has 1 aromatic heterocycles. The molecule has 3 nitrogen and oxygen atoms in total. The number of pyridine rings is 1. The van der Waals surface area contributed by atoms with Crippen LogP contribution in [0.5, 0.6) is 0 Å². The molecule has 0 amide bonds. The number of aromatic nitrogens is 1. The van der Waals surface area contributed by atoms with E-state index in [1.807, 2.05) is 0 Å². The number of anilines is 1. The molecular weight excluding hydrogens is 325 g/mol. The number of hydrogen-bond donors (Lipinski definition) is 2. The van der Waals surface area contributed by atoms with Crippen molar-refractivity contribution in [2.75, 3.05) is 5.32 Å². The van der Waals surface area contributed by atoms with Gasteiger partial charge in [-0.25, -0.2) is 9.37 Å². The van der Waals surface area contributed by atoms with Gasteiger partial charge in [-0.1, -0.05) is 40.2 Å². The van der Waals surface area contributed by atoms with Gasteiger partial charge in [0, 0.05) is 17.3 Å². The molecule has 1 unspecified atom stereocenters. The van der Waals surface area contributed by atoms with Gasteiger partial charge in [0.2, 0.25) is 0 Å². The summed E-state index contributed by atoms with van der Waals surface area (Å²) in [6.07, 6.45) is 8.53. The fraction of sp³-hybridized carbons (Fsp3) is 0.591. The molecule has 142 valence electrons. The fourth-order valence-corrected chi connectivity index (χ4v) is 3.48. The zero-order valence-corrected chi connectivity index (χ0v) is 17.0. The average Bonchev–Trinajstić information content (AvgIpc) is 3.23. The van der Waals surface area contributed by atoms with Crippen molar-refractivity contribution in [1.82, 2.24) is 10.3 Å². The van der Waals surface area contributed by atoms with Gasteiger partial charge in [0.25, 0.3) is 0 Å². The first-order valence-electron chi connectivity index (χ1n) is 9.30. The molecule has 0 radical (unpaired) electrons. The summed E-state index contributed by atoms with van der Waals surface area (Å²) in [5.41, 5.74) is 2.46. The first kappa shape index (κ1) is 20.3. The van der Waals surface area contributed by atoms with Crippen molar-refractivity contribution in [2.24, 2.45) is 10.8 Å². The average molecular weight is 358 g/mol. The van der Waals surface area contributed by atoms with Crippen molar-refractivity contribution in [2.45, 2.75) is 72.9 Å². The van der Waals surface area contributed by atoms with Crippen molar-refractivity contribution in [3.05, 3.63) is 35.4 Å². The number of hydrogen-bond acceptors (Lipinski definition) is 3. The van der Waals surface area contributed by atoms with Crippen molar-refractivity contribution < 1.29 is 4.39 Å².